The van der Waals surface area contributed by atoms with E-state index in [1.807, 2.05) is 0 Å². The highest BCUT2D eigenvalue weighted by Gasteiger charge is 2.35. The van der Waals surface area contributed by atoms with Crippen LogP contribution in [0.4, 0.5) is 17.1 Å². The van der Waals surface area contributed by atoms with Crippen LogP contribution >= 0.6 is 0 Å². The van der Waals surface area contributed by atoms with Crippen LogP contribution in [0.25, 0.3) is 0 Å². The monoisotopic (exact) mass is 462 g/mol. The van der Waals surface area contributed by atoms with Crippen molar-refractivity contribution in [3.8, 4) is 0 Å². The van der Waals surface area contributed by atoms with Crippen molar-refractivity contribution in [2.75, 3.05) is 22.1 Å². The summed E-state index contributed by atoms with van der Waals surface area (Å²) in [6, 6.07) is 14.1. The Labute approximate surface area is 199 Å². The van der Waals surface area contributed by atoms with Crippen LogP contribution in [0, 0.1) is 5.92 Å². The van der Waals surface area contributed by atoms with E-state index in [1.165, 1.54) is 13.3 Å². The third kappa shape index (κ3) is 5.62. The molecule has 8 nitrogen and oxygen atoms in total. The van der Waals surface area contributed by atoms with Gasteiger partial charge in [0.05, 0.1) is 17.2 Å². The van der Waals surface area contributed by atoms with E-state index in [-0.39, 0.29) is 42.6 Å². The fraction of sp³-hybridized carbons (Fsp3) is 0.385. The van der Waals surface area contributed by atoms with E-state index in [9.17, 15) is 19.2 Å². The zero-order valence-electron chi connectivity index (χ0n) is 19.3. The highest BCUT2D eigenvalue weighted by molar-refractivity contribution is 6.07. The lowest BCUT2D eigenvalue weighted by atomic mass is 9.95. The second kappa shape index (κ2) is 10.5. The molecule has 2 aromatic rings. The molecular formula is C26H30N4O4. The first-order valence-electron chi connectivity index (χ1n) is 11.8. The van der Waals surface area contributed by atoms with Crippen molar-refractivity contribution in [1.82, 2.24) is 5.32 Å². The van der Waals surface area contributed by atoms with Crippen LogP contribution < -0.4 is 20.9 Å². The molecule has 1 heterocycles. The number of carbonyl (C=O) groups excluding carboxylic acids is 4. The van der Waals surface area contributed by atoms with Crippen molar-refractivity contribution in [3.63, 3.8) is 0 Å². The summed E-state index contributed by atoms with van der Waals surface area (Å²) in [7, 11) is 0. The van der Waals surface area contributed by atoms with Crippen molar-refractivity contribution in [2.24, 2.45) is 5.92 Å². The van der Waals surface area contributed by atoms with Gasteiger partial charge < -0.3 is 20.9 Å². The number of rotatable bonds is 6. The van der Waals surface area contributed by atoms with Crippen LogP contribution in [0.3, 0.4) is 0 Å². The van der Waals surface area contributed by atoms with E-state index < -0.39 is 5.92 Å². The van der Waals surface area contributed by atoms with Gasteiger partial charge in [-0.25, -0.2) is 0 Å². The molecule has 1 atom stereocenters. The van der Waals surface area contributed by atoms with Gasteiger partial charge in [0.25, 0.3) is 5.91 Å². The van der Waals surface area contributed by atoms with E-state index in [0.717, 1.165) is 25.7 Å². The Morgan fingerprint density at radius 2 is 1.62 bits per heavy atom. The number of nitrogens with zero attached hydrogens (tertiary/aromatic N) is 1. The second-order valence-corrected chi connectivity index (χ2v) is 8.98. The molecule has 4 rings (SSSR count). The molecule has 2 aromatic carbocycles. The van der Waals surface area contributed by atoms with Crippen LogP contribution in [0.2, 0.25) is 0 Å². The van der Waals surface area contributed by atoms with Gasteiger partial charge in [-0.2, -0.15) is 0 Å². The molecule has 178 valence electrons. The lowest BCUT2D eigenvalue weighted by Gasteiger charge is -2.23. The van der Waals surface area contributed by atoms with Gasteiger partial charge in [0, 0.05) is 37.3 Å². The predicted octanol–water partition coefficient (Wildman–Crippen LogP) is 3.70. The zero-order valence-corrected chi connectivity index (χ0v) is 19.3. The number of hydrogen-bond acceptors (Lipinski definition) is 4. The van der Waals surface area contributed by atoms with Gasteiger partial charge >= 0.3 is 0 Å². The number of anilines is 3. The molecule has 2 fully saturated rings. The van der Waals surface area contributed by atoms with E-state index in [1.54, 1.807) is 53.4 Å². The number of para-hydroxylation sites is 1. The normalized spacial score (nSPS) is 18.4. The van der Waals surface area contributed by atoms with Crippen molar-refractivity contribution in [1.29, 1.82) is 0 Å². The van der Waals surface area contributed by atoms with E-state index in [0.29, 0.717) is 22.6 Å². The first-order valence-corrected chi connectivity index (χ1v) is 11.8. The highest BCUT2D eigenvalue weighted by Crippen LogP contribution is 2.28. The highest BCUT2D eigenvalue weighted by atomic mass is 16.2. The summed E-state index contributed by atoms with van der Waals surface area (Å²) in [5, 5.41) is 8.65. The van der Waals surface area contributed by atoms with E-state index in [2.05, 4.69) is 16.0 Å². The molecule has 1 aliphatic carbocycles. The van der Waals surface area contributed by atoms with E-state index in [4.69, 9.17) is 0 Å². The molecule has 8 heteroatoms. The molecule has 2 aliphatic rings. The largest absolute Gasteiger partial charge is 0.349 e. The molecule has 0 bridgehead atoms. The van der Waals surface area contributed by atoms with Crippen LogP contribution in [0.1, 0.15) is 55.8 Å². The van der Waals surface area contributed by atoms with Crippen molar-refractivity contribution in [3.05, 3.63) is 54.1 Å². The first kappa shape index (κ1) is 23.5. The molecule has 1 saturated heterocycles. The predicted molar refractivity (Wildman–Crippen MR) is 131 cm³/mol. The molecular weight excluding hydrogens is 432 g/mol. The molecule has 3 N–H and O–H groups in total. The minimum atomic E-state index is -0.531. The maximum Gasteiger partial charge on any atom is 0.253 e. The fourth-order valence-electron chi connectivity index (χ4n) is 4.60. The van der Waals surface area contributed by atoms with Crippen LogP contribution in [-0.4, -0.2) is 36.2 Å². The van der Waals surface area contributed by atoms with Crippen LogP contribution in [0.15, 0.2) is 48.5 Å². The Morgan fingerprint density at radius 3 is 2.32 bits per heavy atom. The van der Waals surface area contributed by atoms with E-state index >= 15 is 0 Å². The number of hydrogen-bond donors (Lipinski definition) is 3. The Kier molecular flexibility index (Phi) is 7.25. The number of amides is 4. The molecule has 1 aliphatic heterocycles. The molecule has 0 radical (unpaired) electrons. The Bertz CT molecular complexity index is 1080. The average molecular weight is 463 g/mol. The van der Waals surface area contributed by atoms with Gasteiger partial charge in [-0.05, 0) is 49.2 Å². The summed E-state index contributed by atoms with van der Waals surface area (Å²) in [6.07, 6.45) is 5.49. The molecule has 0 spiro atoms. The fourth-order valence-corrected chi connectivity index (χ4v) is 4.60. The van der Waals surface area contributed by atoms with Crippen molar-refractivity contribution < 1.29 is 19.2 Å². The summed E-state index contributed by atoms with van der Waals surface area (Å²) in [5.41, 5.74) is 2.18. The molecule has 1 saturated carbocycles. The number of carbonyl (C=O) groups is 4. The lowest BCUT2D eigenvalue weighted by Crippen LogP contribution is -2.36. The van der Waals surface area contributed by atoms with Crippen molar-refractivity contribution >= 4 is 40.7 Å². The van der Waals surface area contributed by atoms with Gasteiger partial charge in [-0.1, -0.05) is 31.4 Å². The summed E-state index contributed by atoms with van der Waals surface area (Å²) in [6.45, 7) is 1.68. The minimum absolute atomic E-state index is 0.0930. The maximum atomic E-state index is 13.0. The van der Waals surface area contributed by atoms with Gasteiger partial charge in [-0.3, -0.25) is 19.2 Å². The Morgan fingerprint density at radius 1 is 0.912 bits per heavy atom. The van der Waals surface area contributed by atoms with Crippen molar-refractivity contribution in [2.45, 2.75) is 51.5 Å². The summed E-state index contributed by atoms with van der Waals surface area (Å²) < 4.78 is 0. The maximum absolute atomic E-state index is 13.0. The van der Waals surface area contributed by atoms with Gasteiger partial charge in [-0.15, -0.1) is 0 Å². The first-order chi connectivity index (χ1) is 16.4. The molecule has 4 amide bonds. The molecule has 1 unspecified atom stereocenters. The summed E-state index contributed by atoms with van der Waals surface area (Å²) >= 11 is 0. The molecule has 0 aromatic heterocycles. The standard InChI is InChI=1S/C26H30N4O4/c1-17(31)27-20-11-13-21(14-12-20)30-16-18(15-24(30)32)25(33)29-23-10-6-5-9-22(23)26(34)28-19-7-3-2-4-8-19/h5-6,9-14,18-19H,2-4,7-8,15-16H2,1H3,(H,27,31)(H,28,34)(H,29,33). The molecule has 34 heavy (non-hydrogen) atoms. The van der Waals surface area contributed by atoms with Gasteiger partial charge in [0.15, 0.2) is 0 Å². The smallest absolute Gasteiger partial charge is 0.253 e. The minimum Gasteiger partial charge on any atom is -0.349 e. The van der Waals surface area contributed by atoms with Crippen LogP contribution in [-0.2, 0) is 14.4 Å². The second-order valence-electron chi connectivity index (χ2n) is 8.98. The average Bonchev–Trinajstić information content (AvgIpc) is 3.22. The third-order valence-electron chi connectivity index (χ3n) is 6.37. The quantitative estimate of drug-likeness (QED) is 0.608. The summed E-state index contributed by atoms with van der Waals surface area (Å²) in [4.78, 5) is 51.3. The lowest BCUT2D eigenvalue weighted by molar-refractivity contribution is -0.122. The summed E-state index contributed by atoms with van der Waals surface area (Å²) in [5.74, 6) is -1.32. The Balaban J connectivity index is 1.40. The van der Waals surface area contributed by atoms with Gasteiger partial charge in [0.1, 0.15) is 0 Å². The number of nitrogens with one attached hydrogen (secondary N) is 3. The Hall–Kier alpha value is -3.68. The SMILES string of the molecule is CC(=O)Nc1ccc(N2CC(C(=O)Nc3ccccc3C(=O)NC3CCCCC3)CC2=O)cc1. The topological polar surface area (TPSA) is 108 Å². The number of benzene rings is 2. The zero-order chi connectivity index (χ0) is 24.1. The van der Waals surface area contributed by atoms with Gasteiger partial charge in [0.2, 0.25) is 17.7 Å². The third-order valence-corrected chi connectivity index (χ3v) is 6.37. The van der Waals surface area contributed by atoms with Crippen LogP contribution in [0.5, 0.6) is 0 Å².